The maximum Gasteiger partial charge on any atom is 0.235 e. The molecule has 0 saturated heterocycles. The van der Waals surface area contributed by atoms with Gasteiger partial charge in [0.2, 0.25) is 4.96 Å². The molecular formula is C13H6F2N4S2. The molecule has 3 heterocycles. The van der Waals surface area contributed by atoms with Gasteiger partial charge >= 0.3 is 0 Å². The van der Waals surface area contributed by atoms with Crippen molar-refractivity contribution in [3.05, 3.63) is 47.3 Å². The van der Waals surface area contributed by atoms with Crippen LogP contribution in [0.1, 0.15) is 0 Å². The maximum absolute atomic E-state index is 13.8. The molecule has 1 aromatic carbocycles. The van der Waals surface area contributed by atoms with Gasteiger partial charge in [-0.05, 0) is 29.6 Å². The summed E-state index contributed by atoms with van der Waals surface area (Å²) in [5.74, 6) is -0.422. The zero-order valence-electron chi connectivity index (χ0n) is 10.3. The molecule has 0 aliphatic heterocycles. The quantitative estimate of drug-likeness (QED) is 0.563. The van der Waals surface area contributed by atoms with Gasteiger partial charge in [0.1, 0.15) is 11.6 Å². The van der Waals surface area contributed by atoms with Crippen LogP contribution in [0.15, 0.2) is 35.7 Å². The molecule has 0 saturated carbocycles. The molecule has 21 heavy (non-hydrogen) atoms. The van der Waals surface area contributed by atoms with E-state index >= 15 is 0 Å². The van der Waals surface area contributed by atoms with Crippen LogP contribution < -0.4 is 0 Å². The minimum atomic E-state index is -0.515. The molecule has 3 aromatic heterocycles. The van der Waals surface area contributed by atoms with Gasteiger partial charge in [0, 0.05) is 0 Å². The van der Waals surface area contributed by atoms with Crippen LogP contribution >= 0.6 is 22.7 Å². The van der Waals surface area contributed by atoms with Gasteiger partial charge in [0.05, 0.1) is 10.4 Å². The summed E-state index contributed by atoms with van der Waals surface area (Å²) in [6.07, 6.45) is 0. The number of thiophene rings is 1. The molecule has 0 aliphatic rings. The van der Waals surface area contributed by atoms with Gasteiger partial charge in [-0.15, -0.1) is 21.5 Å². The molecule has 104 valence electrons. The number of hydrogen-bond acceptors (Lipinski definition) is 5. The number of halogens is 2. The van der Waals surface area contributed by atoms with Gasteiger partial charge in [-0.2, -0.15) is 9.61 Å². The monoisotopic (exact) mass is 320 g/mol. The smallest absolute Gasteiger partial charge is 0.207 e. The Morgan fingerprint density at radius 3 is 2.81 bits per heavy atom. The summed E-state index contributed by atoms with van der Waals surface area (Å²) in [7, 11) is 0. The first kappa shape index (κ1) is 12.5. The Labute approximate surface area is 125 Å². The standard InChI is InChI=1S/C13H6F2N4S2/c14-7-3-4-9(15)8(6-7)12-18-19-11(10-2-1-5-20-10)16-17-13(19)21-12/h1-6H. The molecule has 4 nitrogen and oxygen atoms in total. The van der Waals surface area contributed by atoms with Crippen LogP contribution in [0.5, 0.6) is 0 Å². The average molecular weight is 320 g/mol. The second kappa shape index (κ2) is 4.68. The molecule has 0 bridgehead atoms. The Kier molecular flexibility index (Phi) is 2.79. The fourth-order valence-electron chi connectivity index (χ4n) is 1.95. The fraction of sp³-hybridized carbons (Fsp3) is 0. The normalized spacial score (nSPS) is 11.3. The van der Waals surface area contributed by atoms with E-state index in [-0.39, 0.29) is 5.56 Å². The molecule has 4 aromatic rings. The predicted octanol–water partition coefficient (Wildman–Crippen LogP) is 3.86. The molecule has 0 N–H and O–H groups in total. The van der Waals surface area contributed by atoms with E-state index < -0.39 is 11.6 Å². The topological polar surface area (TPSA) is 43.1 Å². The lowest BCUT2D eigenvalue weighted by Crippen LogP contribution is -1.91. The predicted molar refractivity (Wildman–Crippen MR) is 77.3 cm³/mol. The first-order chi connectivity index (χ1) is 10.2. The lowest BCUT2D eigenvalue weighted by Gasteiger charge is -1.98. The summed E-state index contributed by atoms with van der Waals surface area (Å²) in [6.45, 7) is 0. The zero-order valence-corrected chi connectivity index (χ0v) is 12.0. The maximum atomic E-state index is 13.8. The van der Waals surface area contributed by atoms with Gasteiger partial charge < -0.3 is 0 Å². The minimum absolute atomic E-state index is 0.127. The van der Waals surface area contributed by atoms with E-state index in [0.29, 0.717) is 15.8 Å². The molecule has 0 atom stereocenters. The second-order valence-electron chi connectivity index (χ2n) is 4.23. The van der Waals surface area contributed by atoms with Gasteiger partial charge in [0.25, 0.3) is 0 Å². The van der Waals surface area contributed by atoms with Gasteiger partial charge in [-0.3, -0.25) is 0 Å². The Balaban J connectivity index is 1.90. The van der Waals surface area contributed by atoms with E-state index in [1.807, 2.05) is 17.5 Å². The van der Waals surface area contributed by atoms with Crippen LogP contribution in [0.2, 0.25) is 0 Å². The van der Waals surface area contributed by atoms with Crippen molar-refractivity contribution < 1.29 is 8.78 Å². The first-order valence-electron chi connectivity index (χ1n) is 5.94. The molecule has 0 spiro atoms. The summed E-state index contributed by atoms with van der Waals surface area (Å²) in [4.78, 5) is 1.45. The molecular weight excluding hydrogens is 314 g/mol. The molecule has 0 unspecified atom stereocenters. The van der Waals surface area contributed by atoms with Crippen molar-refractivity contribution in [3.63, 3.8) is 0 Å². The lowest BCUT2D eigenvalue weighted by atomic mass is 10.2. The number of fused-ring (bicyclic) bond motifs is 1. The third kappa shape index (κ3) is 2.03. The summed E-state index contributed by atoms with van der Waals surface area (Å²) in [6, 6.07) is 7.11. The molecule has 0 aliphatic carbocycles. The summed E-state index contributed by atoms with van der Waals surface area (Å²) >= 11 is 2.68. The zero-order chi connectivity index (χ0) is 14.4. The number of rotatable bonds is 2. The van der Waals surface area contributed by atoms with Crippen molar-refractivity contribution >= 4 is 27.6 Å². The lowest BCUT2D eigenvalue weighted by molar-refractivity contribution is 0.603. The highest BCUT2D eigenvalue weighted by Gasteiger charge is 2.17. The van der Waals surface area contributed by atoms with Gasteiger partial charge in [-0.25, -0.2) is 8.78 Å². The first-order valence-corrected chi connectivity index (χ1v) is 7.63. The third-order valence-corrected chi connectivity index (χ3v) is 4.69. The van der Waals surface area contributed by atoms with Crippen LogP contribution in [-0.4, -0.2) is 19.8 Å². The van der Waals surface area contributed by atoms with Crippen molar-refractivity contribution in [1.82, 2.24) is 19.8 Å². The van der Waals surface area contributed by atoms with E-state index in [1.165, 1.54) is 22.7 Å². The SMILES string of the molecule is Fc1ccc(F)c(-c2nn3c(-c4cccs4)nnc3s2)c1. The van der Waals surface area contributed by atoms with Crippen LogP contribution in [0.3, 0.4) is 0 Å². The third-order valence-electron chi connectivity index (χ3n) is 2.89. The van der Waals surface area contributed by atoms with Crippen LogP contribution in [0, 0.1) is 11.6 Å². The van der Waals surface area contributed by atoms with Crippen LogP contribution in [0.4, 0.5) is 8.78 Å². The molecule has 8 heteroatoms. The fourth-order valence-corrected chi connectivity index (χ4v) is 3.50. The summed E-state index contributed by atoms with van der Waals surface area (Å²) in [5.41, 5.74) is 0.127. The Bertz CT molecular complexity index is 927. The summed E-state index contributed by atoms with van der Waals surface area (Å²) < 4.78 is 28.7. The number of benzene rings is 1. The molecule has 0 radical (unpaired) electrons. The van der Waals surface area contributed by atoms with Crippen LogP contribution in [-0.2, 0) is 0 Å². The Hall–Kier alpha value is -2.19. The Morgan fingerprint density at radius 1 is 1.10 bits per heavy atom. The van der Waals surface area contributed by atoms with Crippen molar-refractivity contribution in [1.29, 1.82) is 0 Å². The van der Waals surface area contributed by atoms with E-state index in [1.54, 1.807) is 4.52 Å². The molecule has 4 rings (SSSR count). The van der Waals surface area contributed by atoms with Crippen LogP contribution in [0.25, 0.3) is 26.2 Å². The highest BCUT2D eigenvalue weighted by Crippen LogP contribution is 2.31. The van der Waals surface area contributed by atoms with Gasteiger partial charge in [0.15, 0.2) is 10.8 Å². The van der Waals surface area contributed by atoms with Crippen molar-refractivity contribution in [3.8, 4) is 21.3 Å². The molecule has 0 fully saturated rings. The second-order valence-corrected chi connectivity index (χ2v) is 6.13. The van der Waals surface area contributed by atoms with Gasteiger partial charge in [-0.1, -0.05) is 17.4 Å². The number of hydrogen-bond donors (Lipinski definition) is 0. The highest BCUT2D eigenvalue weighted by molar-refractivity contribution is 7.19. The highest BCUT2D eigenvalue weighted by atomic mass is 32.1. The van der Waals surface area contributed by atoms with E-state index in [4.69, 9.17) is 0 Å². The average Bonchev–Trinajstić information content (AvgIpc) is 3.15. The van der Waals surface area contributed by atoms with E-state index in [9.17, 15) is 8.78 Å². The summed E-state index contributed by atoms with van der Waals surface area (Å²) in [5, 5.41) is 14.7. The van der Waals surface area contributed by atoms with Crippen molar-refractivity contribution in [2.45, 2.75) is 0 Å². The van der Waals surface area contributed by atoms with E-state index in [0.717, 1.165) is 23.1 Å². The largest absolute Gasteiger partial charge is 0.235 e. The molecule has 0 amide bonds. The van der Waals surface area contributed by atoms with Crippen molar-refractivity contribution in [2.24, 2.45) is 0 Å². The van der Waals surface area contributed by atoms with E-state index in [2.05, 4.69) is 15.3 Å². The minimum Gasteiger partial charge on any atom is -0.207 e. The van der Waals surface area contributed by atoms with Crippen molar-refractivity contribution in [2.75, 3.05) is 0 Å². The Morgan fingerprint density at radius 2 is 2.00 bits per heavy atom. The number of aromatic nitrogens is 4. The number of nitrogens with zero attached hydrogens (tertiary/aromatic N) is 4.